The van der Waals surface area contributed by atoms with E-state index in [0.717, 1.165) is 17.7 Å². The number of hydrogen-bond acceptors (Lipinski definition) is 6. The molecule has 2 N–H and O–H groups in total. The van der Waals surface area contributed by atoms with Gasteiger partial charge in [-0.1, -0.05) is 25.1 Å². The summed E-state index contributed by atoms with van der Waals surface area (Å²) in [7, 11) is 3.14. The maximum absolute atomic E-state index is 12.9. The van der Waals surface area contributed by atoms with Gasteiger partial charge in [-0.05, 0) is 42.5 Å². The number of ether oxygens (including phenoxy) is 2. The topological polar surface area (TPSA) is 89.6 Å². The van der Waals surface area contributed by atoms with Gasteiger partial charge in [0, 0.05) is 10.9 Å². The van der Waals surface area contributed by atoms with Gasteiger partial charge in [0.05, 0.1) is 36.7 Å². The van der Waals surface area contributed by atoms with E-state index >= 15 is 0 Å². The van der Waals surface area contributed by atoms with Crippen LogP contribution < -0.4 is 20.3 Å². The lowest BCUT2D eigenvalue weighted by atomic mass is 10.0. The molecule has 0 unspecified atom stereocenters. The molecule has 0 saturated carbocycles. The van der Waals surface area contributed by atoms with Gasteiger partial charge in [0.2, 0.25) is 5.91 Å². The fourth-order valence-electron chi connectivity index (χ4n) is 3.05. The zero-order chi connectivity index (χ0) is 22.2. The summed E-state index contributed by atoms with van der Waals surface area (Å²) in [5.41, 5.74) is 7.46. The minimum atomic E-state index is -0.408. The zero-order valence-electron chi connectivity index (χ0n) is 17.7. The predicted octanol–water partition coefficient (Wildman–Crippen LogP) is 3.82. The number of nitrogens with zero attached hydrogens (tertiary/aromatic N) is 1. The van der Waals surface area contributed by atoms with E-state index < -0.39 is 5.91 Å². The number of nitrogens with one attached hydrogen (secondary N) is 2. The number of hydrogen-bond donors (Lipinski definition) is 2. The second kappa shape index (κ2) is 10.7. The third-order valence-electron chi connectivity index (χ3n) is 4.54. The smallest absolute Gasteiger partial charge is 0.270 e. The molecule has 0 atom stereocenters. The van der Waals surface area contributed by atoms with Crippen LogP contribution in [0.1, 0.15) is 23.7 Å². The molecule has 2 aromatic carbocycles. The number of amides is 2. The van der Waals surface area contributed by atoms with Crippen molar-refractivity contribution in [1.29, 1.82) is 0 Å². The normalized spacial score (nSPS) is 10.5. The van der Waals surface area contributed by atoms with Gasteiger partial charge < -0.3 is 9.47 Å². The number of fused-ring (bicyclic) bond motifs is 1. The van der Waals surface area contributed by atoms with Crippen molar-refractivity contribution in [1.82, 2.24) is 15.8 Å². The minimum absolute atomic E-state index is 0.245. The molecule has 0 radical (unpaired) electrons. The maximum Gasteiger partial charge on any atom is 0.270 e. The summed E-state index contributed by atoms with van der Waals surface area (Å²) < 4.78 is 10.7. The number of pyridine rings is 1. The Kier molecular flexibility index (Phi) is 7.72. The first kappa shape index (κ1) is 22.4. The molecule has 3 rings (SSSR count). The molecule has 31 heavy (non-hydrogen) atoms. The molecule has 8 heteroatoms. The number of carbonyl (C=O) groups is 2. The van der Waals surface area contributed by atoms with Gasteiger partial charge in [-0.15, -0.1) is 0 Å². The molecule has 1 heterocycles. The van der Waals surface area contributed by atoms with E-state index in [0.29, 0.717) is 39.4 Å². The molecule has 2 amide bonds. The van der Waals surface area contributed by atoms with Crippen LogP contribution >= 0.6 is 11.8 Å². The molecule has 0 aliphatic heterocycles. The highest BCUT2D eigenvalue weighted by Crippen LogP contribution is 2.33. The van der Waals surface area contributed by atoms with E-state index in [1.807, 2.05) is 36.4 Å². The molecule has 0 fully saturated rings. The average Bonchev–Trinajstić information content (AvgIpc) is 2.81. The molecule has 0 aliphatic carbocycles. The minimum Gasteiger partial charge on any atom is -0.493 e. The summed E-state index contributed by atoms with van der Waals surface area (Å²) in [6, 6.07) is 14.5. The number of hydrazine groups is 1. The molecule has 0 aliphatic rings. The summed E-state index contributed by atoms with van der Waals surface area (Å²) in [6.45, 7) is 2.05. The fraction of sp³-hybridized carbons (Fsp3) is 0.261. The van der Waals surface area contributed by atoms with Crippen molar-refractivity contribution in [3.63, 3.8) is 0 Å². The largest absolute Gasteiger partial charge is 0.493 e. The second-order valence-electron chi connectivity index (χ2n) is 6.70. The van der Waals surface area contributed by atoms with Crippen LogP contribution in [0.3, 0.4) is 0 Å². The van der Waals surface area contributed by atoms with Crippen LogP contribution in [0.2, 0.25) is 0 Å². The van der Waals surface area contributed by atoms with Crippen molar-refractivity contribution in [2.45, 2.75) is 13.3 Å². The van der Waals surface area contributed by atoms with Crippen molar-refractivity contribution in [3.05, 3.63) is 54.1 Å². The standard InChI is InChI=1S/C23H25N3O4S/c1-4-11-31-14-22(27)25-26-23(28)17-13-19(24-18-8-6-5-7-16(17)18)15-9-10-20(29-2)21(12-15)30-3/h5-10,12-13H,4,11,14H2,1-3H3,(H,25,27)(H,26,28). The van der Waals surface area contributed by atoms with Gasteiger partial charge in [-0.3, -0.25) is 20.4 Å². The first-order chi connectivity index (χ1) is 15.1. The highest BCUT2D eigenvalue weighted by Gasteiger charge is 2.16. The van der Waals surface area contributed by atoms with Crippen LogP contribution in [0.4, 0.5) is 0 Å². The number of benzene rings is 2. The highest BCUT2D eigenvalue weighted by atomic mass is 32.2. The predicted molar refractivity (Wildman–Crippen MR) is 124 cm³/mol. The van der Waals surface area contributed by atoms with Crippen molar-refractivity contribution in [3.8, 4) is 22.8 Å². The molecular weight excluding hydrogens is 414 g/mol. The van der Waals surface area contributed by atoms with Crippen molar-refractivity contribution in [2.24, 2.45) is 0 Å². The summed E-state index contributed by atoms with van der Waals surface area (Å²) in [6.07, 6.45) is 0.992. The van der Waals surface area contributed by atoms with Gasteiger partial charge in [0.1, 0.15) is 0 Å². The Morgan fingerprint density at radius 2 is 1.77 bits per heavy atom. The number of aromatic nitrogens is 1. The Bertz CT molecular complexity index is 1090. The number of rotatable bonds is 8. The van der Waals surface area contributed by atoms with E-state index in [4.69, 9.17) is 14.5 Å². The van der Waals surface area contributed by atoms with Gasteiger partial charge in [-0.25, -0.2) is 4.98 Å². The van der Waals surface area contributed by atoms with Crippen LogP contribution in [0.15, 0.2) is 48.5 Å². The molecular formula is C23H25N3O4S. The van der Waals surface area contributed by atoms with Gasteiger partial charge >= 0.3 is 0 Å². The first-order valence-corrected chi connectivity index (χ1v) is 11.0. The van der Waals surface area contributed by atoms with Crippen LogP contribution in [0, 0.1) is 0 Å². The van der Waals surface area contributed by atoms with Crippen LogP contribution in [-0.4, -0.2) is 42.5 Å². The third-order valence-corrected chi connectivity index (χ3v) is 5.70. The van der Waals surface area contributed by atoms with E-state index in [-0.39, 0.29) is 5.91 Å². The van der Waals surface area contributed by atoms with Crippen molar-refractivity contribution < 1.29 is 19.1 Å². The summed E-state index contributed by atoms with van der Waals surface area (Å²) in [4.78, 5) is 29.5. The highest BCUT2D eigenvalue weighted by molar-refractivity contribution is 7.99. The second-order valence-corrected chi connectivity index (χ2v) is 7.80. The molecule has 0 spiro atoms. The van der Waals surface area contributed by atoms with E-state index in [1.54, 1.807) is 26.4 Å². The van der Waals surface area contributed by atoms with Crippen molar-refractivity contribution in [2.75, 3.05) is 25.7 Å². The Morgan fingerprint density at radius 3 is 2.52 bits per heavy atom. The molecule has 162 valence electrons. The number of para-hydroxylation sites is 1. The Labute approximate surface area is 185 Å². The number of methoxy groups -OCH3 is 2. The van der Waals surface area contributed by atoms with Crippen LogP contribution in [-0.2, 0) is 4.79 Å². The van der Waals surface area contributed by atoms with Gasteiger partial charge in [0.15, 0.2) is 11.5 Å². The lowest BCUT2D eigenvalue weighted by Crippen LogP contribution is -2.42. The Morgan fingerprint density at radius 1 is 1.00 bits per heavy atom. The van der Waals surface area contributed by atoms with Crippen LogP contribution in [0.25, 0.3) is 22.2 Å². The van der Waals surface area contributed by atoms with Gasteiger partial charge in [-0.2, -0.15) is 11.8 Å². The monoisotopic (exact) mass is 439 g/mol. The summed E-state index contributed by atoms with van der Waals surface area (Å²) in [5, 5.41) is 0.693. The third kappa shape index (κ3) is 5.46. The van der Waals surface area contributed by atoms with E-state index in [2.05, 4.69) is 17.8 Å². The number of thioether (sulfide) groups is 1. The quantitative estimate of drug-likeness (QED) is 0.410. The Balaban J connectivity index is 1.91. The molecule has 7 nitrogen and oxygen atoms in total. The van der Waals surface area contributed by atoms with Gasteiger partial charge in [0.25, 0.3) is 5.91 Å². The van der Waals surface area contributed by atoms with Crippen LogP contribution in [0.5, 0.6) is 11.5 Å². The molecule has 0 saturated heterocycles. The maximum atomic E-state index is 12.9. The summed E-state index contributed by atoms with van der Waals surface area (Å²) in [5.74, 6) is 1.71. The molecule has 3 aromatic rings. The fourth-order valence-corrected chi connectivity index (χ4v) is 3.74. The summed E-state index contributed by atoms with van der Waals surface area (Å²) >= 11 is 1.52. The zero-order valence-corrected chi connectivity index (χ0v) is 18.5. The Hall–Kier alpha value is -3.26. The molecule has 0 bridgehead atoms. The van der Waals surface area contributed by atoms with E-state index in [9.17, 15) is 9.59 Å². The first-order valence-electron chi connectivity index (χ1n) is 9.86. The lowest BCUT2D eigenvalue weighted by Gasteiger charge is -2.13. The molecule has 1 aromatic heterocycles. The average molecular weight is 440 g/mol. The SMILES string of the molecule is CCCSCC(=O)NNC(=O)c1cc(-c2ccc(OC)c(OC)c2)nc2ccccc12. The van der Waals surface area contributed by atoms with E-state index in [1.165, 1.54) is 11.8 Å². The van der Waals surface area contributed by atoms with Crippen molar-refractivity contribution >= 4 is 34.5 Å². The lowest BCUT2D eigenvalue weighted by molar-refractivity contribution is -0.119. The number of carbonyl (C=O) groups excluding carboxylic acids is 2.